The highest BCUT2D eigenvalue weighted by Crippen LogP contribution is 2.48. The predicted molar refractivity (Wildman–Crippen MR) is 47.2 cm³/mol. The van der Waals surface area contributed by atoms with E-state index in [0.29, 0.717) is 5.92 Å². The fourth-order valence-electron chi connectivity index (χ4n) is 1.46. The molecule has 3 heteroatoms. The number of methoxy groups -OCH3 is 1. The molecule has 12 heavy (non-hydrogen) atoms. The summed E-state index contributed by atoms with van der Waals surface area (Å²) in [5, 5.41) is 4.15. The Bertz CT molecular complexity index is 279. The lowest BCUT2D eigenvalue weighted by atomic mass is 10.2. The Morgan fingerprint density at radius 3 is 3.17 bits per heavy atom. The monoisotopic (exact) mass is 182 g/mol. The van der Waals surface area contributed by atoms with Crippen LogP contribution in [0.25, 0.3) is 0 Å². The molecule has 1 aromatic heterocycles. The van der Waals surface area contributed by atoms with Gasteiger partial charge in [0.05, 0.1) is 13.0 Å². The maximum atomic E-state index is 11.1. The van der Waals surface area contributed by atoms with Crippen LogP contribution in [0.5, 0.6) is 0 Å². The Kier molecular flexibility index (Phi) is 1.89. The maximum Gasteiger partial charge on any atom is 0.309 e. The van der Waals surface area contributed by atoms with Crippen LogP contribution in [0, 0.1) is 5.92 Å². The summed E-state index contributed by atoms with van der Waals surface area (Å²) in [5.41, 5.74) is 1.29. The molecule has 0 N–H and O–H groups in total. The van der Waals surface area contributed by atoms with Crippen LogP contribution in [-0.2, 0) is 9.53 Å². The van der Waals surface area contributed by atoms with Crippen molar-refractivity contribution in [3.63, 3.8) is 0 Å². The molecule has 1 aromatic rings. The van der Waals surface area contributed by atoms with Gasteiger partial charge in [-0.15, -0.1) is 0 Å². The first-order valence-corrected chi connectivity index (χ1v) is 4.87. The number of thiophene rings is 1. The van der Waals surface area contributed by atoms with Gasteiger partial charge >= 0.3 is 5.97 Å². The maximum absolute atomic E-state index is 11.1. The molecule has 0 spiro atoms. The average molecular weight is 182 g/mol. The van der Waals surface area contributed by atoms with Gasteiger partial charge in [0, 0.05) is 0 Å². The Balaban J connectivity index is 2.01. The third-order valence-electron chi connectivity index (χ3n) is 2.27. The largest absolute Gasteiger partial charge is 0.469 e. The van der Waals surface area contributed by atoms with Crippen molar-refractivity contribution in [1.29, 1.82) is 0 Å². The molecule has 0 radical (unpaired) electrons. The predicted octanol–water partition coefficient (Wildman–Crippen LogP) is 2.02. The quantitative estimate of drug-likeness (QED) is 0.654. The highest BCUT2D eigenvalue weighted by molar-refractivity contribution is 7.08. The Morgan fingerprint density at radius 1 is 1.75 bits per heavy atom. The van der Waals surface area contributed by atoms with Gasteiger partial charge in [0.25, 0.3) is 0 Å². The van der Waals surface area contributed by atoms with Gasteiger partial charge in [0.2, 0.25) is 0 Å². The molecule has 2 unspecified atom stereocenters. The van der Waals surface area contributed by atoms with Crippen LogP contribution in [0.3, 0.4) is 0 Å². The zero-order valence-electron chi connectivity index (χ0n) is 6.82. The molecule has 0 amide bonds. The highest BCUT2D eigenvalue weighted by atomic mass is 32.1. The minimum atomic E-state index is -0.0637. The molecular formula is C9H10O2S. The van der Waals surface area contributed by atoms with Gasteiger partial charge in [-0.3, -0.25) is 4.79 Å². The molecule has 0 saturated heterocycles. The molecule has 2 nitrogen and oxygen atoms in total. The summed E-state index contributed by atoms with van der Waals surface area (Å²) in [6.45, 7) is 0. The van der Waals surface area contributed by atoms with E-state index in [4.69, 9.17) is 0 Å². The van der Waals surface area contributed by atoms with Crippen molar-refractivity contribution in [2.45, 2.75) is 12.3 Å². The Labute approximate surface area is 75.2 Å². The van der Waals surface area contributed by atoms with E-state index in [0.717, 1.165) is 6.42 Å². The molecule has 1 heterocycles. The first-order valence-electron chi connectivity index (χ1n) is 3.93. The van der Waals surface area contributed by atoms with E-state index < -0.39 is 0 Å². The summed E-state index contributed by atoms with van der Waals surface area (Å²) in [6.07, 6.45) is 0.962. The van der Waals surface area contributed by atoms with Gasteiger partial charge in [0.1, 0.15) is 0 Å². The number of hydrogen-bond donors (Lipinski definition) is 0. The lowest BCUT2D eigenvalue weighted by Crippen LogP contribution is -2.03. The van der Waals surface area contributed by atoms with Gasteiger partial charge in [0.15, 0.2) is 0 Å². The minimum absolute atomic E-state index is 0.0637. The molecule has 1 fully saturated rings. The normalized spacial score (nSPS) is 26.8. The number of carbonyl (C=O) groups is 1. The minimum Gasteiger partial charge on any atom is -0.469 e. The summed E-state index contributed by atoms with van der Waals surface area (Å²) in [6, 6.07) is 2.08. The standard InChI is InChI=1S/C9H10O2S/c1-11-9(10)8-4-7(8)6-2-3-12-5-6/h2-3,5,7-8H,4H2,1H3. The van der Waals surface area contributed by atoms with Crippen molar-refractivity contribution >= 4 is 17.3 Å². The highest BCUT2D eigenvalue weighted by Gasteiger charge is 2.44. The van der Waals surface area contributed by atoms with Crippen molar-refractivity contribution in [3.05, 3.63) is 22.4 Å². The molecule has 0 aromatic carbocycles. The van der Waals surface area contributed by atoms with Crippen molar-refractivity contribution in [1.82, 2.24) is 0 Å². The summed E-state index contributed by atoms with van der Waals surface area (Å²) in [4.78, 5) is 11.1. The number of ether oxygens (including phenoxy) is 1. The second kappa shape index (κ2) is 2.90. The molecule has 1 aliphatic carbocycles. The molecule has 2 atom stereocenters. The summed E-state index contributed by atoms with van der Waals surface area (Å²) >= 11 is 1.68. The summed E-state index contributed by atoms with van der Waals surface area (Å²) < 4.78 is 4.67. The molecule has 0 bridgehead atoms. The Morgan fingerprint density at radius 2 is 2.58 bits per heavy atom. The summed E-state index contributed by atoms with van der Waals surface area (Å²) in [7, 11) is 1.45. The van der Waals surface area contributed by atoms with Gasteiger partial charge in [-0.25, -0.2) is 0 Å². The first kappa shape index (κ1) is 7.80. The van der Waals surface area contributed by atoms with Gasteiger partial charge < -0.3 is 4.74 Å². The van der Waals surface area contributed by atoms with Crippen LogP contribution < -0.4 is 0 Å². The fourth-order valence-corrected chi connectivity index (χ4v) is 2.19. The second-order valence-electron chi connectivity index (χ2n) is 3.03. The van der Waals surface area contributed by atoms with Crippen LogP contribution in [0.15, 0.2) is 16.8 Å². The van der Waals surface area contributed by atoms with E-state index in [1.807, 2.05) is 5.38 Å². The fraction of sp³-hybridized carbons (Fsp3) is 0.444. The van der Waals surface area contributed by atoms with Crippen LogP contribution in [0.4, 0.5) is 0 Å². The summed E-state index contributed by atoms with van der Waals surface area (Å²) in [5.74, 6) is 0.500. The van der Waals surface area contributed by atoms with E-state index >= 15 is 0 Å². The van der Waals surface area contributed by atoms with E-state index in [2.05, 4.69) is 16.2 Å². The van der Waals surface area contributed by atoms with Gasteiger partial charge in [-0.1, -0.05) is 0 Å². The SMILES string of the molecule is COC(=O)C1CC1c1ccsc1. The van der Waals surface area contributed by atoms with Gasteiger partial charge in [-0.2, -0.15) is 11.3 Å². The average Bonchev–Trinajstić information content (AvgIpc) is 2.71. The topological polar surface area (TPSA) is 26.3 Å². The molecular weight excluding hydrogens is 172 g/mol. The lowest BCUT2D eigenvalue weighted by Gasteiger charge is -1.95. The number of hydrogen-bond acceptors (Lipinski definition) is 3. The Hall–Kier alpha value is -0.830. The first-order chi connectivity index (χ1) is 5.83. The van der Waals surface area contributed by atoms with E-state index in [9.17, 15) is 4.79 Å². The second-order valence-corrected chi connectivity index (χ2v) is 3.81. The van der Waals surface area contributed by atoms with Crippen LogP contribution >= 0.6 is 11.3 Å². The van der Waals surface area contributed by atoms with E-state index in [1.54, 1.807) is 11.3 Å². The van der Waals surface area contributed by atoms with Crippen molar-refractivity contribution in [3.8, 4) is 0 Å². The van der Waals surface area contributed by atoms with Crippen LogP contribution in [0.2, 0.25) is 0 Å². The van der Waals surface area contributed by atoms with Crippen molar-refractivity contribution < 1.29 is 9.53 Å². The van der Waals surface area contributed by atoms with E-state index in [-0.39, 0.29) is 11.9 Å². The third kappa shape index (κ3) is 1.25. The zero-order valence-corrected chi connectivity index (χ0v) is 7.64. The van der Waals surface area contributed by atoms with Crippen molar-refractivity contribution in [2.75, 3.05) is 7.11 Å². The zero-order chi connectivity index (χ0) is 8.55. The lowest BCUT2D eigenvalue weighted by molar-refractivity contribution is -0.142. The van der Waals surface area contributed by atoms with Crippen LogP contribution in [0.1, 0.15) is 17.9 Å². The molecule has 0 aliphatic heterocycles. The smallest absolute Gasteiger partial charge is 0.309 e. The molecule has 2 rings (SSSR count). The molecule has 64 valence electrons. The van der Waals surface area contributed by atoms with E-state index in [1.165, 1.54) is 12.7 Å². The third-order valence-corrected chi connectivity index (χ3v) is 2.97. The number of esters is 1. The number of rotatable bonds is 2. The van der Waals surface area contributed by atoms with Gasteiger partial charge in [-0.05, 0) is 34.7 Å². The molecule has 1 saturated carbocycles. The van der Waals surface area contributed by atoms with Crippen LogP contribution in [-0.4, -0.2) is 13.1 Å². The van der Waals surface area contributed by atoms with Crippen molar-refractivity contribution in [2.24, 2.45) is 5.92 Å². The molecule has 1 aliphatic rings. The number of carbonyl (C=O) groups excluding carboxylic acids is 1.